The summed E-state index contributed by atoms with van der Waals surface area (Å²) >= 11 is 3.31. The fraction of sp³-hybridized carbons (Fsp3) is 0.533. The van der Waals surface area contributed by atoms with Gasteiger partial charge in [0, 0.05) is 36.1 Å². The Morgan fingerprint density at radius 2 is 2.09 bits per heavy atom. The number of pyridine rings is 1. The molecular weight excluding hydrogens is 348 g/mol. The van der Waals surface area contributed by atoms with Crippen molar-refractivity contribution in [2.75, 3.05) is 25.0 Å². The van der Waals surface area contributed by atoms with Gasteiger partial charge in [0.15, 0.2) is 0 Å². The van der Waals surface area contributed by atoms with Gasteiger partial charge in [0.05, 0.1) is 0 Å². The molecule has 120 valence electrons. The van der Waals surface area contributed by atoms with Crippen molar-refractivity contribution in [2.45, 2.75) is 25.7 Å². The Hall–Kier alpha value is -1.47. The number of likely N-dealkylation sites (tertiary alicyclic amines) is 1. The summed E-state index contributed by atoms with van der Waals surface area (Å²) in [5.41, 5.74) is 5.42. The normalized spacial score (nSPS) is 15.6. The van der Waals surface area contributed by atoms with E-state index in [9.17, 15) is 9.59 Å². The number of piperidine rings is 1. The molecular formula is C15H21BrN4O2. The molecule has 3 N–H and O–H groups in total. The van der Waals surface area contributed by atoms with Gasteiger partial charge in [0.2, 0.25) is 11.8 Å². The van der Waals surface area contributed by atoms with Crippen LogP contribution in [0.2, 0.25) is 0 Å². The fourth-order valence-corrected chi connectivity index (χ4v) is 2.72. The van der Waals surface area contributed by atoms with Gasteiger partial charge in [-0.25, -0.2) is 4.98 Å². The van der Waals surface area contributed by atoms with Crippen LogP contribution in [0.4, 0.5) is 5.82 Å². The highest BCUT2D eigenvalue weighted by Crippen LogP contribution is 2.20. The van der Waals surface area contributed by atoms with Gasteiger partial charge in [-0.05, 0) is 53.9 Å². The van der Waals surface area contributed by atoms with Crippen LogP contribution in [-0.2, 0) is 9.59 Å². The minimum Gasteiger partial charge on any atom is -0.343 e. The van der Waals surface area contributed by atoms with Crippen molar-refractivity contribution in [3.05, 3.63) is 22.8 Å². The molecule has 1 aliphatic rings. The second-order valence-corrected chi connectivity index (χ2v) is 6.31. The van der Waals surface area contributed by atoms with Crippen molar-refractivity contribution in [3.63, 3.8) is 0 Å². The van der Waals surface area contributed by atoms with Crippen molar-refractivity contribution in [1.29, 1.82) is 0 Å². The summed E-state index contributed by atoms with van der Waals surface area (Å²) in [4.78, 5) is 30.1. The van der Waals surface area contributed by atoms with E-state index in [0.717, 1.165) is 4.47 Å². The molecule has 1 saturated heterocycles. The third-order valence-corrected chi connectivity index (χ3v) is 4.26. The maximum Gasteiger partial charge on any atom is 0.228 e. The Morgan fingerprint density at radius 3 is 2.68 bits per heavy atom. The van der Waals surface area contributed by atoms with Crippen molar-refractivity contribution < 1.29 is 9.59 Å². The summed E-state index contributed by atoms with van der Waals surface area (Å²) in [5, 5.41) is 2.83. The monoisotopic (exact) mass is 368 g/mol. The van der Waals surface area contributed by atoms with E-state index in [-0.39, 0.29) is 17.7 Å². The van der Waals surface area contributed by atoms with E-state index in [1.54, 1.807) is 12.3 Å². The Kier molecular flexibility index (Phi) is 6.33. The van der Waals surface area contributed by atoms with Gasteiger partial charge in [-0.1, -0.05) is 0 Å². The van der Waals surface area contributed by atoms with Crippen LogP contribution in [0.1, 0.15) is 25.7 Å². The van der Waals surface area contributed by atoms with Crippen molar-refractivity contribution >= 4 is 33.6 Å². The summed E-state index contributed by atoms with van der Waals surface area (Å²) in [5.74, 6) is 0.599. The Balaban J connectivity index is 1.79. The molecule has 6 nitrogen and oxygen atoms in total. The first-order valence-corrected chi connectivity index (χ1v) is 8.29. The molecule has 2 amide bonds. The van der Waals surface area contributed by atoms with Gasteiger partial charge in [0.25, 0.3) is 0 Å². The number of aromatic nitrogens is 1. The van der Waals surface area contributed by atoms with Crippen LogP contribution in [-0.4, -0.2) is 41.3 Å². The first-order valence-electron chi connectivity index (χ1n) is 7.50. The smallest absolute Gasteiger partial charge is 0.228 e. The predicted octanol–water partition coefficient (Wildman–Crippen LogP) is 1.76. The molecule has 0 aromatic carbocycles. The van der Waals surface area contributed by atoms with Crippen LogP contribution in [0.5, 0.6) is 0 Å². The highest BCUT2D eigenvalue weighted by Gasteiger charge is 2.27. The molecule has 7 heteroatoms. The summed E-state index contributed by atoms with van der Waals surface area (Å²) in [6.45, 7) is 1.80. The number of hydrogen-bond acceptors (Lipinski definition) is 4. The molecule has 1 aromatic rings. The van der Waals surface area contributed by atoms with Gasteiger partial charge in [-0.15, -0.1) is 0 Å². The lowest BCUT2D eigenvalue weighted by Gasteiger charge is -2.31. The quantitative estimate of drug-likeness (QED) is 0.828. The molecule has 0 unspecified atom stereocenters. The number of hydrogen-bond donors (Lipinski definition) is 2. The number of halogens is 1. The summed E-state index contributed by atoms with van der Waals surface area (Å²) in [6, 6.07) is 3.59. The lowest BCUT2D eigenvalue weighted by atomic mass is 9.95. The largest absolute Gasteiger partial charge is 0.343 e. The molecule has 0 saturated carbocycles. The van der Waals surface area contributed by atoms with Gasteiger partial charge < -0.3 is 16.0 Å². The van der Waals surface area contributed by atoms with Gasteiger partial charge in [-0.2, -0.15) is 0 Å². The van der Waals surface area contributed by atoms with E-state index in [1.165, 1.54) is 0 Å². The Bertz CT molecular complexity index is 513. The van der Waals surface area contributed by atoms with Gasteiger partial charge in [0.1, 0.15) is 5.82 Å². The van der Waals surface area contributed by atoms with Crippen LogP contribution in [0.3, 0.4) is 0 Å². The lowest BCUT2D eigenvalue weighted by molar-refractivity contribution is -0.134. The van der Waals surface area contributed by atoms with Crippen molar-refractivity contribution in [1.82, 2.24) is 9.88 Å². The number of carbonyl (C=O) groups excluding carboxylic acids is 2. The Labute approximate surface area is 138 Å². The summed E-state index contributed by atoms with van der Waals surface area (Å²) < 4.78 is 0.870. The second-order valence-electron chi connectivity index (χ2n) is 5.40. The van der Waals surface area contributed by atoms with Crippen molar-refractivity contribution in [2.24, 2.45) is 11.7 Å². The zero-order valence-corrected chi connectivity index (χ0v) is 14.0. The first kappa shape index (κ1) is 16.9. The minimum absolute atomic E-state index is 0.0242. The molecule has 0 aliphatic carbocycles. The highest BCUT2D eigenvalue weighted by molar-refractivity contribution is 9.10. The molecule has 0 spiro atoms. The SMILES string of the molecule is NCCCC(=O)N1CCC(C(=O)Nc2ccc(Br)cn2)CC1. The molecule has 0 atom stereocenters. The number of nitrogens with zero attached hydrogens (tertiary/aromatic N) is 2. The van der Waals surface area contributed by atoms with Crippen LogP contribution in [0, 0.1) is 5.92 Å². The molecule has 1 aromatic heterocycles. The average molecular weight is 369 g/mol. The molecule has 0 radical (unpaired) electrons. The van der Waals surface area contributed by atoms with Crippen LogP contribution >= 0.6 is 15.9 Å². The number of rotatable bonds is 5. The number of nitrogens with one attached hydrogen (secondary N) is 1. The number of nitrogens with two attached hydrogens (primary N) is 1. The highest BCUT2D eigenvalue weighted by atomic mass is 79.9. The molecule has 2 heterocycles. The molecule has 1 fully saturated rings. The summed E-state index contributed by atoms with van der Waals surface area (Å²) in [6.07, 6.45) is 4.24. The molecule has 2 rings (SSSR count). The van der Waals surface area contributed by atoms with Gasteiger partial charge >= 0.3 is 0 Å². The maximum absolute atomic E-state index is 12.2. The van der Waals surface area contributed by atoms with E-state index in [1.807, 2.05) is 11.0 Å². The molecule has 22 heavy (non-hydrogen) atoms. The molecule has 0 bridgehead atoms. The maximum atomic E-state index is 12.2. The molecule has 1 aliphatic heterocycles. The standard InChI is InChI=1S/C15H21BrN4O2/c16-12-3-4-13(18-10-12)19-15(22)11-5-8-20(9-6-11)14(21)2-1-7-17/h3-4,10-11H,1-2,5-9,17H2,(H,18,19,22). The fourth-order valence-electron chi connectivity index (χ4n) is 2.48. The number of carbonyl (C=O) groups is 2. The van der Waals surface area contributed by atoms with Crippen molar-refractivity contribution in [3.8, 4) is 0 Å². The lowest BCUT2D eigenvalue weighted by Crippen LogP contribution is -2.41. The summed E-state index contributed by atoms with van der Waals surface area (Å²) in [7, 11) is 0. The second kappa shape index (κ2) is 8.24. The van der Waals surface area contributed by atoms with Crippen LogP contribution in [0.25, 0.3) is 0 Å². The first-order chi connectivity index (χ1) is 10.6. The zero-order chi connectivity index (χ0) is 15.9. The van der Waals surface area contributed by atoms with E-state index < -0.39 is 0 Å². The predicted molar refractivity (Wildman–Crippen MR) is 88.2 cm³/mol. The zero-order valence-electron chi connectivity index (χ0n) is 12.4. The topological polar surface area (TPSA) is 88.3 Å². The van der Waals surface area contributed by atoms with Gasteiger partial charge in [-0.3, -0.25) is 9.59 Å². The average Bonchev–Trinajstić information content (AvgIpc) is 2.55. The van der Waals surface area contributed by atoms with E-state index in [0.29, 0.717) is 51.1 Å². The van der Waals surface area contributed by atoms with E-state index in [4.69, 9.17) is 5.73 Å². The van der Waals surface area contributed by atoms with Crippen LogP contribution in [0.15, 0.2) is 22.8 Å². The number of amides is 2. The third-order valence-electron chi connectivity index (χ3n) is 3.79. The van der Waals surface area contributed by atoms with E-state index in [2.05, 4.69) is 26.2 Å². The number of anilines is 1. The minimum atomic E-state index is -0.0657. The Morgan fingerprint density at radius 1 is 1.36 bits per heavy atom. The van der Waals surface area contributed by atoms with E-state index >= 15 is 0 Å². The third kappa shape index (κ3) is 4.78. The van der Waals surface area contributed by atoms with Crippen LogP contribution < -0.4 is 11.1 Å².